The summed E-state index contributed by atoms with van der Waals surface area (Å²) >= 11 is 0. The fraction of sp³-hybridized carbons (Fsp3) is 0.294. The molecule has 0 amide bonds. The largest absolute Gasteiger partial charge is 0.390 e. The van der Waals surface area contributed by atoms with Crippen molar-refractivity contribution in [3.63, 3.8) is 0 Å². The second-order valence-electron chi connectivity index (χ2n) is 5.94. The van der Waals surface area contributed by atoms with E-state index in [1.807, 2.05) is 43.7 Å². The molecule has 7 heteroatoms. The predicted octanol–water partition coefficient (Wildman–Crippen LogP) is 1.94. The van der Waals surface area contributed by atoms with Gasteiger partial charge in [0.15, 0.2) is 0 Å². The first-order valence-electron chi connectivity index (χ1n) is 7.71. The summed E-state index contributed by atoms with van der Waals surface area (Å²) in [7, 11) is 0. The van der Waals surface area contributed by atoms with Crippen LogP contribution in [0.5, 0.6) is 0 Å². The molecule has 0 aliphatic carbocycles. The van der Waals surface area contributed by atoms with Crippen molar-refractivity contribution in [1.29, 1.82) is 0 Å². The van der Waals surface area contributed by atoms with Crippen molar-refractivity contribution in [3.05, 3.63) is 58.0 Å². The molecule has 0 spiro atoms. The van der Waals surface area contributed by atoms with Gasteiger partial charge in [-0.3, -0.25) is 4.79 Å². The molecule has 124 valence electrons. The topological polar surface area (TPSA) is 96.7 Å². The van der Waals surface area contributed by atoms with Crippen molar-refractivity contribution in [3.8, 4) is 17.1 Å². The zero-order chi connectivity index (χ0) is 17.3. The van der Waals surface area contributed by atoms with Crippen molar-refractivity contribution in [2.45, 2.75) is 33.3 Å². The molecule has 0 aliphatic rings. The number of hydrogen-bond acceptors (Lipinski definition) is 5. The quantitative estimate of drug-likeness (QED) is 0.764. The van der Waals surface area contributed by atoms with Gasteiger partial charge in [-0.2, -0.15) is 5.10 Å². The van der Waals surface area contributed by atoms with Crippen LogP contribution in [0.1, 0.15) is 36.7 Å². The van der Waals surface area contributed by atoms with Crippen LogP contribution in [0.3, 0.4) is 0 Å². The maximum atomic E-state index is 11.8. The summed E-state index contributed by atoms with van der Waals surface area (Å²) < 4.78 is 1.82. The number of nitrogens with zero attached hydrogens (tertiary/aromatic N) is 4. The van der Waals surface area contributed by atoms with Gasteiger partial charge in [-0.15, -0.1) is 0 Å². The van der Waals surface area contributed by atoms with Gasteiger partial charge in [-0.05, 0) is 31.0 Å². The van der Waals surface area contributed by atoms with Crippen molar-refractivity contribution in [2.24, 2.45) is 0 Å². The lowest BCUT2D eigenvalue weighted by molar-refractivity contribution is 0.276. The first kappa shape index (κ1) is 16.1. The summed E-state index contributed by atoms with van der Waals surface area (Å²) in [5.41, 5.74) is 3.79. The minimum Gasteiger partial charge on any atom is -0.390 e. The zero-order valence-corrected chi connectivity index (χ0v) is 13.8. The van der Waals surface area contributed by atoms with Crippen LogP contribution >= 0.6 is 0 Å². The van der Waals surface area contributed by atoms with Gasteiger partial charge in [-0.25, -0.2) is 15.1 Å². The van der Waals surface area contributed by atoms with Crippen LogP contribution in [0.2, 0.25) is 0 Å². The third kappa shape index (κ3) is 2.98. The summed E-state index contributed by atoms with van der Waals surface area (Å²) in [6, 6.07) is 5.42. The maximum Gasteiger partial charge on any atom is 0.267 e. The third-order valence-corrected chi connectivity index (χ3v) is 3.81. The first-order chi connectivity index (χ1) is 11.5. The Morgan fingerprint density at radius 2 is 2.08 bits per heavy atom. The fourth-order valence-electron chi connectivity index (χ4n) is 2.52. The molecule has 3 aromatic heterocycles. The number of aliphatic hydroxyl groups excluding tert-OH is 1. The number of nitrogens with one attached hydrogen (secondary N) is 1. The summed E-state index contributed by atoms with van der Waals surface area (Å²) in [4.78, 5) is 20.5. The molecule has 0 radical (unpaired) electrons. The molecule has 0 bridgehead atoms. The Labute approximate surface area is 139 Å². The number of rotatable bonds is 4. The van der Waals surface area contributed by atoms with E-state index in [1.165, 1.54) is 0 Å². The number of hydrogen-bond donors (Lipinski definition) is 2. The lowest BCUT2D eigenvalue weighted by Crippen LogP contribution is -2.16. The summed E-state index contributed by atoms with van der Waals surface area (Å²) in [6.07, 6.45) is 3.55. The smallest absolute Gasteiger partial charge is 0.267 e. The Kier molecular flexibility index (Phi) is 4.26. The van der Waals surface area contributed by atoms with Crippen molar-refractivity contribution < 1.29 is 5.11 Å². The average molecular weight is 325 g/mol. The monoisotopic (exact) mass is 325 g/mol. The van der Waals surface area contributed by atoms with E-state index in [0.717, 1.165) is 11.4 Å². The van der Waals surface area contributed by atoms with Gasteiger partial charge < -0.3 is 9.67 Å². The SMILES string of the molecule is Cc1cn(-c2ccc(-c3cc(C(C)C)c(=O)[nH]n3)nc2CO)cn1. The fourth-order valence-corrected chi connectivity index (χ4v) is 2.52. The summed E-state index contributed by atoms with van der Waals surface area (Å²) in [5.74, 6) is 0.0843. The molecular formula is C17H19N5O2. The van der Waals surface area contributed by atoms with E-state index in [2.05, 4.69) is 20.2 Å². The number of pyridine rings is 1. The average Bonchev–Trinajstić information content (AvgIpc) is 3.00. The Morgan fingerprint density at radius 3 is 2.71 bits per heavy atom. The number of H-pyrrole nitrogens is 1. The van der Waals surface area contributed by atoms with Crippen molar-refractivity contribution in [1.82, 2.24) is 24.7 Å². The first-order valence-corrected chi connectivity index (χ1v) is 7.71. The molecule has 0 saturated carbocycles. The number of aryl methyl sites for hydroxylation is 1. The Morgan fingerprint density at radius 1 is 1.29 bits per heavy atom. The molecule has 3 aromatic rings. The van der Waals surface area contributed by atoms with E-state index in [1.54, 1.807) is 12.4 Å². The second kappa shape index (κ2) is 6.37. The Hall–Kier alpha value is -2.80. The molecule has 24 heavy (non-hydrogen) atoms. The molecule has 2 N–H and O–H groups in total. The number of imidazole rings is 1. The molecule has 0 atom stereocenters. The number of aliphatic hydroxyl groups is 1. The summed E-state index contributed by atoms with van der Waals surface area (Å²) in [6.45, 7) is 5.59. The minimum absolute atomic E-state index is 0.0843. The minimum atomic E-state index is -0.208. The van der Waals surface area contributed by atoms with Gasteiger partial charge in [0.05, 0.1) is 35.7 Å². The van der Waals surface area contributed by atoms with Crippen LogP contribution < -0.4 is 5.56 Å². The van der Waals surface area contributed by atoms with E-state index in [0.29, 0.717) is 22.6 Å². The van der Waals surface area contributed by atoms with Crippen LogP contribution in [-0.4, -0.2) is 29.8 Å². The summed E-state index contributed by atoms with van der Waals surface area (Å²) in [5, 5.41) is 16.3. The van der Waals surface area contributed by atoms with Gasteiger partial charge in [0.25, 0.3) is 5.56 Å². The highest BCUT2D eigenvalue weighted by atomic mass is 16.3. The molecule has 0 saturated heterocycles. The lowest BCUT2D eigenvalue weighted by atomic mass is 10.0. The van der Waals surface area contributed by atoms with E-state index in [9.17, 15) is 9.90 Å². The third-order valence-electron chi connectivity index (χ3n) is 3.81. The molecule has 3 rings (SSSR count). The number of aromatic nitrogens is 5. The highest BCUT2D eigenvalue weighted by molar-refractivity contribution is 5.57. The second-order valence-corrected chi connectivity index (χ2v) is 5.94. The van der Waals surface area contributed by atoms with Crippen LogP contribution in [0.4, 0.5) is 0 Å². The standard InChI is InChI=1S/C17H19N5O2/c1-10(2)12-6-14(20-21-17(12)24)13-4-5-16(15(8-23)19-13)22-7-11(3)18-9-22/h4-7,9-10,23H,8H2,1-3H3,(H,21,24). The molecule has 0 aliphatic heterocycles. The highest BCUT2D eigenvalue weighted by Crippen LogP contribution is 2.21. The van der Waals surface area contributed by atoms with Crippen LogP contribution in [-0.2, 0) is 6.61 Å². The predicted molar refractivity (Wildman–Crippen MR) is 90.0 cm³/mol. The lowest BCUT2D eigenvalue weighted by Gasteiger charge is -2.10. The normalized spacial score (nSPS) is 11.2. The van der Waals surface area contributed by atoms with Gasteiger partial charge in [0.2, 0.25) is 0 Å². The van der Waals surface area contributed by atoms with Gasteiger partial charge >= 0.3 is 0 Å². The maximum absolute atomic E-state index is 11.8. The molecule has 7 nitrogen and oxygen atoms in total. The zero-order valence-electron chi connectivity index (χ0n) is 13.8. The van der Waals surface area contributed by atoms with Crippen LogP contribution in [0.25, 0.3) is 17.1 Å². The van der Waals surface area contributed by atoms with Gasteiger partial charge in [0, 0.05) is 11.8 Å². The van der Waals surface area contributed by atoms with Crippen molar-refractivity contribution in [2.75, 3.05) is 0 Å². The van der Waals surface area contributed by atoms with Gasteiger partial charge in [-0.1, -0.05) is 13.8 Å². The highest BCUT2D eigenvalue weighted by Gasteiger charge is 2.12. The molecule has 0 fully saturated rings. The van der Waals surface area contributed by atoms with Crippen LogP contribution in [0.15, 0.2) is 35.5 Å². The van der Waals surface area contributed by atoms with Gasteiger partial charge in [0.1, 0.15) is 5.69 Å². The van der Waals surface area contributed by atoms with E-state index in [-0.39, 0.29) is 18.1 Å². The molecule has 3 heterocycles. The molecule has 0 unspecified atom stereocenters. The molecular weight excluding hydrogens is 306 g/mol. The number of aromatic amines is 1. The van der Waals surface area contributed by atoms with Crippen LogP contribution in [0, 0.1) is 6.92 Å². The Balaban J connectivity index is 2.07. The van der Waals surface area contributed by atoms with E-state index >= 15 is 0 Å². The van der Waals surface area contributed by atoms with E-state index < -0.39 is 0 Å². The Bertz CT molecular complexity index is 927. The van der Waals surface area contributed by atoms with Crippen molar-refractivity contribution >= 4 is 0 Å². The molecule has 0 aromatic carbocycles. The van der Waals surface area contributed by atoms with E-state index in [4.69, 9.17) is 0 Å².